The third kappa shape index (κ3) is 3.79. The van der Waals surface area contributed by atoms with E-state index in [1.54, 1.807) is 11.6 Å². The predicted octanol–water partition coefficient (Wildman–Crippen LogP) is 2.70. The van der Waals surface area contributed by atoms with E-state index >= 15 is 0 Å². The molecule has 1 aromatic carbocycles. The summed E-state index contributed by atoms with van der Waals surface area (Å²) in [5, 5.41) is 17.3. The van der Waals surface area contributed by atoms with Crippen LogP contribution >= 0.6 is 11.6 Å². The molecular formula is C18H22ClN3O2. The van der Waals surface area contributed by atoms with Crippen molar-refractivity contribution in [2.24, 2.45) is 5.92 Å². The molecule has 2 N–H and O–H groups in total. The predicted molar refractivity (Wildman–Crippen MR) is 93.3 cm³/mol. The highest BCUT2D eigenvalue weighted by molar-refractivity contribution is 6.33. The van der Waals surface area contributed by atoms with Gasteiger partial charge in [-0.25, -0.2) is 4.68 Å². The van der Waals surface area contributed by atoms with Gasteiger partial charge in [-0.05, 0) is 38.2 Å². The van der Waals surface area contributed by atoms with Gasteiger partial charge in [0.15, 0.2) is 0 Å². The van der Waals surface area contributed by atoms with E-state index in [0.717, 1.165) is 18.4 Å². The summed E-state index contributed by atoms with van der Waals surface area (Å²) in [7, 11) is 0. The van der Waals surface area contributed by atoms with Crippen molar-refractivity contribution in [3.8, 4) is 0 Å². The van der Waals surface area contributed by atoms with Gasteiger partial charge in [-0.1, -0.05) is 41.4 Å². The summed E-state index contributed by atoms with van der Waals surface area (Å²) in [6.07, 6.45) is 1.59. The monoisotopic (exact) mass is 347 g/mol. The highest BCUT2D eigenvalue weighted by atomic mass is 35.5. The highest BCUT2D eigenvalue weighted by Gasteiger charge is 2.30. The second-order valence-corrected chi connectivity index (χ2v) is 6.87. The van der Waals surface area contributed by atoms with Crippen LogP contribution in [0.4, 0.5) is 0 Å². The Kier molecular flexibility index (Phi) is 4.92. The lowest BCUT2D eigenvalue weighted by molar-refractivity contribution is 0.0900. The van der Waals surface area contributed by atoms with Crippen LogP contribution < -0.4 is 5.32 Å². The summed E-state index contributed by atoms with van der Waals surface area (Å²) < 4.78 is 1.63. The highest BCUT2D eigenvalue weighted by Crippen LogP contribution is 2.32. The molecule has 1 amide bonds. The average molecular weight is 348 g/mol. The number of carbonyl (C=O) groups excluding carboxylic acids is 1. The Hall–Kier alpha value is -1.85. The molecule has 1 heterocycles. The molecule has 0 aliphatic heterocycles. The molecule has 1 atom stereocenters. The zero-order valence-electron chi connectivity index (χ0n) is 13.9. The number of halogens is 1. The van der Waals surface area contributed by atoms with E-state index in [1.165, 1.54) is 5.56 Å². The van der Waals surface area contributed by atoms with Crippen LogP contribution in [0.3, 0.4) is 0 Å². The van der Waals surface area contributed by atoms with Crippen LogP contribution in [0.15, 0.2) is 24.3 Å². The first-order valence-corrected chi connectivity index (χ1v) is 8.58. The van der Waals surface area contributed by atoms with Gasteiger partial charge < -0.3 is 10.4 Å². The summed E-state index contributed by atoms with van der Waals surface area (Å²) in [6, 6.07) is 8.11. The van der Waals surface area contributed by atoms with Crippen molar-refractivity contribution in [2.45, 2.75) is 39.3 Å². The first kappa shape index (κ1) is 17.0. The van der Waals surface area contributed by atoms with Crippen molar-refractivity contribution in [1.29, 1.82) is 0 Å². The third-order valence-electron chi connectivity index (χ3n) is 4.38. The maximum absolute atomic E-state index is 12.4. The number of aryl methyl sites for hydroxylation is 2. The first-order valence-electron chi connectivity index (χ1n) is 8.20. The number of rotatable bonds is 6. The van der Waals surface area contributed by atoms with Gasteiger partial charge in [-0.15, -0.1) is 0 Å². The molecule has 128 valence electrons. The number of carbonyl (C=O) groups is 1. The van der Waals surface area contributed by atoms with Gasteiger partial charge in [0.05, 0.1) is 23.9 Å². The Morgan fingerprint density at radius 2 is 2.04 bits per heavy atom. The molecule has 0 unspecified atom stereocenters. The fourth-order valence-corrected chi connectivity index (χ4v) is 3.04. The minimum atomic E-state index is -0.476. The van der Waals surface area contributed by atoms with Gasteiger partial charge in [0.25, 0.3) is 5.91 Å². The zero-order valence-corrected chi connectivity index (χ0v) is 14.7. The van der Waals surface area contributed by atoms with E-state index in [1.807, 2.05) is 31.2 Å². The van der Waals surface area contributed by atoms with Crippen molar-refractivity contribution in [3.63, 3.8) is 0 Å². The summed E-state index contributed by atoms with van der Waals surface area (Å²) >= 11 is 6.37. The summed E-state index contributed by atoms with van der Waals surface area (Å²) in [6.45, 7) is 4.57. The third-order valence-corrected chi connectivity index (χ3v) is 4.77. The van der Waals surface area contributed by atoms with Crippen molar-refractivity contribution >= 4 is 17.5 Å². The van der Waals surface area contributed by atoms with Crippen molar-refractivity contribution in [3.05, 3.63) is 51.8 Å². The molecule has 2 aromatic rings. The lowest BCUT2D eigenvalue weighted by atomic mass is 10.1. The summed E-state index contributed by atoms with van der Waals surface area (Å²) in [5.41, 5.74) is 3.23. The standard InChI is InChI=1S/C18H22ClN3O2/c1-11-3-5-13(6-4-11)10-22-17(19)16(12(2)21-22)18(24)20-9-15(23)14-7-8-14/h3-6,14-15,23H,7-10H2,1-2H3,(H,20,24)/t15-/m1/s1. The lowest BCUT2D eigenvalue weighted by Crippen LogP contribution is -2.33. The zero-order chi connectivity index (χ0) is 17.3. The van der Waals surface area contributed by atoms with Crippen LogP contribution in [0.25, 0.3) is 0 Å². The Bertz CT molecular complexity index is 735. The molecule has 0 radical (unpaired) electrons. The summed E-state index contributed by atoms with van der Waals surface area (Å²) in [5.74, 6) is 0.0403. The number of aliphatic hydroxyl groups excluding tert-OH is 1. The van der Waals surface area contributed by atoms with Gasteiger partial charge in [0.1, 0.15) is 5.15 Å². The molecule has 0 bridgehead atoms. The molecule has 1 fully saturated rings. The Labute approximate surface area is 146 Å². The fraction of sp³-hybridized carbons (Fsp3) is 0.444. The topological polar surface area (TPSA) is 67.2 Å². The van der Waals surface area contributed by atoms with Crippen LogP contribution in [0.5, 0.6) is 0 Å². The average Bonchev–Trinajstić information content (AvgIpc) is 3.35. The normalized spacial score (nSPS) is 15.3. The molecule has 5 nitrogen and oxygen atoms in total. The maximum atomic E-state index is 12.4. The Morgan fingerprint density at radius 3 is 2.67 bits per heavy atom. The number of hydrogen-bond acceptors (Lipinski definition) is 3. The smallest absolute Gasteiger partial charge is 0.256 e. The maximum Gasteiger partial charge on any atom is 0.256 e. The minimum absolute atomic E-state index is 0.252. The number of amides is 1. The van der Waals surface area contributed by atoms with Gasteiger partial charge in [-0.2, -0.15) is 5.10 Å². The second kappa shape index (κ2) is 6.95. The molecule has 0 saturated heterocycles. The molecular weight excluding hydrogens is 326 g/mol. The van der Waals surface area contributed by atoms with Crippen LogP contribution in [0.2, 0.25) is 5.15 Å². The number of aromatic nitrogens is 2. The van der Waals surface area contributed by atoms with E-state index in [4.69, 9.17) is 11.6 Å². The molecule has 1 aliphatic carbocycles. The molecule has 24 heavy (non-hydrogen) atoms. The van der Waals surface area contributed by atoms with E-state index in [0.29, 0.717) is 28.9 Å². The molecule has 1 aliphatic rings. The van der Waals surface area contributed by atoms with Gasteiger partial charge in [-0.3, -0.25) is 4.79 Å². The fourth-order valence-electron chi connectivity index (χ4n) is 2.72. The molecule has 1 aromatic heterocycles. The Morgan fingerprint density at radius 1 is 1.38 bits per heavy atom. The molecule has 0 spiro atoms. The number of benzene rings is 1. The minimum Gasteiger partial charge on any atom is -0.391 e. The van der Waals surface area contributed by atoms with E-state index in [-0.39, 0.29) is 12.5 Å². The second-order valence-electron chi connectivity index (χ2n) is 6.51. The SMILES string of the molecule is Cc1ccc(Cn2nc(C)c(C(=O)NC[C@@H](O)C3CC3)c2Cl)cc1. The van der Waals surface area contributed by atoms with E-state index in [2.05, 4.69) is 10.4 Å². The van der Waals surface area contributed by atoms with Gasteiger partial charge >= 0.3 is 0 Å². The van der Waals surface area contributed by atoms with Crippen molar-refractivity contribution < 1.29 is 9.90 Å². The summed E-state index contributed by atoms with van der Waals surface area (Å²) in [4.78, 5) is 12.4. The van der Waals surface area contributed by atoms with Crippen LogP contribution in [-0.2, 0) is 6.54 Å². The van der Waals surface area contributed by atoms with Crippen molar-refractivity contribution in [1.82, 2.24) is 15.1 Å². The number of hydrogen-bond donors (Lipinski definition) is 2. The van der Waals surface area contributed by atoms with E-state index in [9.17, 15) is 9.90 Å². The van der Waals surface area contributed by atoms with Crippen LogP contribution in [0.1, 0.15) is 40.0 Å². The number of nitrogens with zero attached hydrogens (tertiary/aromatic N) is 2. The molecule has 1 saturated carbocycles. The van der Waals surface area contributed by atoms with Gasteiger partial charge in [0, 0.05) is 6.54 Å². The quantitative estimate of drug-likeness (QED) is 0.844. The number of aliphatic hydroxyl groups is 1. The van der Waals surface area contributed by atoms with Crippen LogP contribution in [-0.4, -0.2) is 33.4 Å². The van der Waals surface area contributed by atoms with Crippen LogP contribution in [0, 0.1) is 19.8 Å². The van der Waals surface area contributed by atoms with Gasteiger partial charge in [0.2, 0.25) is 0 Å². The Balaban J connectivity index is 1.70. The lowest BCUT2D eigenvalue weighted by Gasteiger charge is -2.10. The molecule has 6 heteroatoms. The van der Waals surface area contributed by atoms with Crippen molar-refractivity contribution in [2.75, 3.05) is 6.54 Å². The van der Waals surface area contributed by atoms with E-state index < -0.39 is 6.10 Å². The largest absolute Gasteiger partial charge is 0.391 e. The number of nitrogens with one attached hydrogen (secondary N) is 1. The molecule has 3 rings (SSSR count). The first-order chi connectivity index (χ1) is 11.5.